The van der Waals surface area contributed by atoms with E-state index in [1.54, 1.807) is 7.11 Å². The summed E-state index contributed by atoms with van der Waals surface area (Å²) in [7, 11) is 1.75. The number of aryl methyl sites for hydroxylation is 1. The fourth-order valence-electron chi connectivity index (χ4n) is 3.20. The molecule has 0 spiro atoms. The highest BCUT2D eigenvalue weighted by Crippen LogP contribution is 2.48. The predicted molar refractivity (Wildman–Crippen MR) is 76.0 cm³/mol. The third-order valence-electron chi connectivity index (χ3n) is 4.74. The maximum absolute atomic E-state index is 6.55. The highest BCUT2D eigenvalue weighted by atomic mass is 16.5. The van der Waals surface area contributed by atoms with Crippen molar-refractivity contribution in [1.82, 2.24) is 0 Å². The minimum absolute atomic E-state index is 0.0780. The zero-order valence-electron chi connectivity index (χ0n) is 12.0. The van der Waals surface area contributed by atoms with Crippen molar-refractivity contribution >= 4 is 0 Å². The molecule has 0 bridgehead atoms. The molecule has 18 heavy (non-hydrogen) atoms. The Morgan fingerprint density at radius 1 is 1.22 bits per heavy atom. The van der Waals surface area contributed by atoms with Crippen LogP contribution >= 0.6 is 0 Å². The highest BCUT2D eigenvalue weighted by Gasteiger charge is 2.37. The first kappa shape index (κ1) is 13.4. The normalized spacial score (nSPS) is 19.8. The largest absolute Gasteiger partial charge is 0.496 e. The molecule has 1 unspecified atom stereocenters. The van der Waals surface area contributed by atoms with Crippen LogP contribution in [0.1, 0.15) is 55.3 Å². The van der Waals surface area contributed by atoms with E-state index in [-0.39, 0.29) is 11.5 Å². The SMILES string of the molecule is COc1c(C(N)C2(C)CCCC2)ccc(C)c1C. The molecule has 0 saturated heterocycles. The summed E-state index contributed by atoms with van der Waals surface area (Å²) in [6.45, 7) is 6.55. The summed E-state index contributed by atoms with van der Waals surface area (Å²) < 4.78 is 5.60. The first-order chi connectivity index (χ1) is 8.49. The lowest BCUT2D eigenvalue weighted by atomic mass is 9.77. The van der Waals surface area contributed by atoms with Gasteiger partial charge in [-0.25, -0.2) is 0 Å². The molecule has 1 aliphatic rings. The number of methoxy groups -OCH3 is 1. The van der Waals surface area contributed by atoms with Crippen molar-refractivity contribution in [2.24, 2.45) is 11.1 Å². The van der Waals surface area contributed by atoms with Gasteiger partial charge in [-0.2, -0.15) is 0 Å². The zero-order valence-corrected chi connectivity index (χ0v) is 12.0. The summed E-state index contributed by atoms with van der Waals surface area (Å²) in [5.41, 5.74) is 10.4. The molecule has 1 atom stereocenters. The summed E-state index contributed by atoms with van der Waals surface area (Å²) in [6, 6.07) is 4.38. The van der Waals surface area contributed by atoms with Crippen molar-refractivity contribution in [3.05, 3.63) is 28.8 Å². The summed E-state index contributed by atoms with van der Waals surface area (Å²) in [5, 5.41) is 0. The molecule has 1 aliphatic carbocycles. The number of nitrogens with two attached hydrogens (primary N) is 1. The molecule has 0 aliphatic heterocycles. The first-order valence-corrected chi connectivity index (χ1v) is 6.89. The summed E-state index contributed by atoms with van der Waals surface area (Å²) in [5.74, 6) is 0.982. The lowest BCUT2D eigenvalue weighted by Crippen LogP contribution is -2.29. The predicted octanol–water partition coefficient (Wildman–Crippen LogP) is 3.89. The molecule has 0 aromatic heterocycles. The molecule has 0 amide bonds. The fraction of sp³-hybridized carbons (Fsp3) is 0.625. The van der Waals surface area contributed by atoms with Crippen molar-refractivity contribution in [3.8, 4) is 5.75 Å². The van der Waals surface area contributed by atoms with E-state index in [1.165, 1.54) is 42.4 Å². The molecule has 1 aromatic rings. The number of hydrogen-bond acceptors (Lipinski definition) is 2. The molecule has 2 rings (SSSR count). The minimum atomic E-state index is 0.0780. The van der Waals surface area contributed by atoms with Crippen LogP contribution in [0.25, 0.3) is 0 Å². The van der Waals surface area contributed by atoms with Crippen LogP contribution in [0.5, 0.6) is 5.75 Å². The molecule has 2 N–H and O–H groups in total. The van der Waals surface area contributed by atoms with Gasteiger partial charge in [-0.15, -0.1) is 0 Å². The van der Waals surface area contributed by atoms with Gasteiger partial charge >= 0.3 is 0 Å². The molecule has 1 fully saturated rings. The van der Waals surface area contributed by atoms with Gasteiger partial charge in [-0.05, 0) is 43.2 Å². The van der Waals surface area contributed by atoms with E-state index < -0.39 is 0 Å². The Hall–Kier alpha value is -1.02. The second kappa shape index (κ2) is 4.93. The number of benzene rings is 1. The Morgan fingerprint density at radius 3 is 2.39 bits per heavy atom. The summed E-state index contributed by atoms with van der Waals surface area (Å²) >= 11 is 0. The quantitative estimate of drug-likeness (QED) is 0.879. The summed E-state index contributed by atoms with van der Waals surface area (Å²) in [4.78, 5) is 0. The van der Waals surface area contributed by atoms with Crippen molar-refractivity contribution in [1.29, 1.82) is 0 Å². The molecule has 2 nitrogen and oxygen atoms in total. The average molecular weight is 247 g/mol. The van der Waals surface area contributed by atoms with Gasteiger partial charge in [0.15, 0.2) is 0 Å². The van der Waals surface area contributed by atoms with Crippen LogP contribution in [-0.4, -0.2) is 7.11 Å². The number of rotatable bonds is 3. The summed E-state index contributed by atoms with van der Waals surface area (Å²) in [6.07, 6.45) is 5.06. The Labute approximate surface area is 111 Å². The maximum atomic E-state index is 6.55. The van der Waals surface area contributed by atoms with E-state index in [0.29, 0.717) is 0 Å². The van der Waals surface area contributed by atoms with Crippen LogP contribution in [0.4, 0.5) is 0 Å². The molecule has 2 heteroatoms. The van der Waals surface area contributed by atoms with Crippen LogP contribution in [0.2, 0.25) is 0 Å². The topological polar surface area (TPSA) is 35.2 Å². The van der Waals surface area contributed by atoms with E-state index in [1.807, 2.05) is 0 Å². The molecule has 100 valence electrons. The smallest absolute Gasteiger partial charge is 0.126 e. The standard InChI is InChI=1S/C16H25NO/c1-11-7-8-13(14(18-4)12(11)2)15(17)16(3)9-5-6-10-16/h7-8,15H,5-6,9-10,17H2,1-4H3. The van der Waals surface area contributed by atoms with Gasteiger partial charge in [0, 0.05) is 11.6 Å². The van der Waals surface area contributed by atoms with Crippen molar-refractivity contribution in [3.63, 3.8) is 0 Å². The van der Waals surface area contributed by atoms with Crippen LogP contribution < -0.4 is 10.5 Å². The van der Waals surface area contributed by atoms with Crippen LogP contribution in [0.15, 0.2) is 12.1 Å². The molecule has 1 saturated carbocycles. The van der Waals surface area contributed by atoms with Crippen LogP contribution in [0, 0.1) is 19.3 Å². The van der Waals surface area contributed by atoms with Crippen LogP contribution in [0.3, 0.4) is 0 Å². The lowest BCUT2D eigenvalue weighted by Gasteiger charge is -2.33. The molecule has 1 aromatic carbocycles. The third-order valence-corrected chi connectivity index (χ3v) is 4.74. The maximum Gasteiger partial charge on any atom is 0.126 e. The Morgan fingerprint density at radius 2 is 1.83 bits per heavy atom. The van der Waals surface area contributed by atoms with Gasteiger partial charge in [0.2, 0.25) is 0 Å². The Bertz CT molecular complexity index is 433. The highest BCUT2D eigenvalue weighted by molar-refractivity contribution is 5.47. The second-order valence-electron chi connectivity index (χ2n) is 5.97. The zero-order chi connectivity index (χ0) is 13.3. The van der Waals surface area contributed by atoms with Crippen molar-refractivity contribution < 1.29 is 4.74 Å². The van der Waals surface area contributed by atoms with Gasteiger partial charge in [-0.3, -0.25) is 0 Å². The second-order valence-corrected chi connectivity index (χ2v) is 5.97. The van der Waals surface area contributed by atoms with Gasteiger partial charge in [0.25, 0.3) is 0 Å². The van der Waals surface area contributed by atoms with E-state index >= 15 is 0 Å². The fourth-order valence-corrected chi connectivity index (χ4v) is 3.20. The van der Waals surface area contributed by atoms with Crippen LogP contribution in [-0.2, 0) is 0 Å². The van der Waals surface area contributed by atoms with Gasteiger partial charge in [0.05, 0.1) is 7.11 Å². The van der Waals surface area contributed by atoms with E-state index in [9.17, 15) is 0 Å². The molecular weight excluding hydrogens is 222 g/mol. The lowest BCUT2D eigenvalue weighted by molar-refractivity contribution is 0.259. The molecular formula is C16H25NO. The number of hydrogen-bond donors (Lipinski definition) is 1. The van der Waals surface area contributed by atoms with Gasteiger partial charge in [0.1, 0.15) is 5.75 Å². The van der Waals surface area contributed by atoms with Crippen molar-refractivity contribution in [2.45, 2.75) is 52.5 Å². The van der Waals surface area contributed by atoms with Gasteiger partial charge in [-0.1, -0.05) is 31.9 Å². The Balaban J connectivity index is 2.41. The Kier molecular flexibility index (Phi) is 3.67. The molecule has 0 radical (unpaired) electrons. The van der Waals surface area contributed by atoms with E-state index in [4.69, 9.17) is 10.5 Å². The van der Waals surface area contributed by atoms with E-state index in [0.717, 1.165) is 5.75 Å². The third kappa shape index (κ3) is 2.14. The van der Waals surface area contributed by atoms with Gasteiger partial charge < -0.3 is 10.5 Å². The monoisotopic (exact) mass is 247 g/mol. The number of ether oxygens (including phenoxy) is 1. The van der Waals surface area contributed by atoms with E-state index in [2.05, 4.69) is 32.9 Å². The average Bonchev–Trinajstić information content (AvgIpc) is 2.80. The molecule has 0 heterocycles. The first-order valence-electron chi connectivity index (χ1n) is 6.89. The van der Waals surface area contributed by atoms with Crippen molar-refractivity contribution in [2.75, 3.05) is 7.11 Å². The minimum Gasteiger partial charge on any atom is -0.496 e.